The lowest BCUT2D eigenvalue weighted by atomic mass is 10.1. The van der Waals surface area contributed by atoms with Crippen molar-refractivity contribution < 1.29 is 21.9 Å². The number of aromatic nitrogens is 4. The van der Waals surface area contributed by atoms with Gasteiger partial charge in [0.05, 0.1) is 5.69 Å². The number of aromatic amines is 1. The molecule has 2 aromatic heterocycles. The Morgan fingerprint density at radius 2 is 1.76 bits per heavy atom. The summed E-state index contributed by atoms with van der Waals surface area (Å²) in [7, 11) is -4.33. The standard InChI is InChI=1S/C26H26F2N6O3S/c1-15-23-25(32-31-15)29-24(30-26(23)37-20-10-12-34(13-11-20)19-7-8-19)16-2-5-18(6-3-16)33-38(35,36)22-14-17(27)4-9-21(22)28/h2-6,9,14,19-20,33H,7-8,10-13H2,1H3,(H,29,30,31,32). The third-order valence-corrected chi connectivity index (χ3v) is 8.36. The van der Waals surface area contributed by atoms with Gasteiger partial charge in [0, 0.05) is 30.4 Å². The summed E-state index contributed by atoms with van der Waals surface area (Å²) in [5, 5.41) is 7.94. The number of anilines is 1. The van der Waals surface area contributed by atoms with Crippen LogP contribution in [0.1, 0.15) is 31.4 Å². The number of hydrogen-bond donors (Lipinski definition) is 2. The highest BCUT2D eigenvalue weighted by atomic mass is 32.2. The van der Waals surface area contributed by atoms with Crippen LogP contribution < -0.4 is 9.46 Å². The van der Waals surface area contributed by atoms with E-state index in [0.717, 1.165) is 55.2 Å². The Hall–Kier alpha value is -3.64. The number of likely N-dealkylation sites (tertiary alicyclic amines) is 1. The molecule has 198 valence electrons. The molecular weight excluding hydrogens is 514 g/mol. The van der Waals surface area contributed by atoms with Crippen LogP contribution in [0.4, 0.5) is 14.5 Å². The van der Waals surface area contributed by atoms with Gasteiger partial charge < -0.3 is 9.64 Å². The van der Waals surface area contributed by atoms with E-state index in [1.165, 1.54) is 25.0 Å². The molecule has 2 N–H and O–H groups in total. The van der Waals surface area contributed by atoms with Gasteiger partial charge in [0.15, 0.2) is 11.5 Å². The van der Waals surface area contributed by atoms with Crippen LogP contribution in [0.15, 0.2) is 47.4 Å². The minimum atomic E-state index is -4.33. The summed E-state index contributed by atoms with van der Waals surface area (Å²) in [4.78, 5) is 11.1. The third-order valence-electron chi connectivity index (χ3n) is 6.96. The van der Waals surface area contributed by atoms with E-state index in [1.54, 1.807) is 12.1 Å². The molecule has 0 bridgehead atoms. The molecule has 0 spiro atoms. The number of piperidine rings is 1. The van der Waals surface area contributed by atoms with Gasteiger partial charge in [0.2, 0.25) is 5.88 Å². The number of fused-ring (bicyclic) bond motifs is 1. The fourth-order valence-corrected chi connectivity index (χ4v) is 5.94. The SMILES string of the molecule is Cc1n[nH]c2nc(-c3ccc(NS(=O)(=O)c4cc(F)ccc4F)cc3)nc(OC3CCN(C4CC4)CC3)c12. The van der Waals surface area contributed by atoms with Gasteiger partial charge in [0.25, 0.3) is 10.0 Å². The van der Waals surface area contributed by atoms with Crippen molar-refractivity contribution in [3.8, 4) is 17.3 Å². The Morgan fingerprint density at radius 3 is 2.47 bits per heavy atom. The van der Waals surface area contributed by atoms with Crippen molar-refractivity contribution in [1.29, 1.82) is 0 Å². The summed E-state index contributed by atoms with van der Waals surface area (Å²) in [6.45, 7) is 3.89. The predicted octanol–water partition coefficient (Wildman–Crippen LogP) is 4.41. The van der Waals surface area contributed by atoms with Crippen LogP contribution >= 0.6 is 0 Å². The van der Waals surface area contributed by atoms with Gasteiger partial charge in [-0.3, -0.25) is 9.82 Å². The molecule has 1 saturated carbocycles. The molecule has 0 atom stereocenters. The highest BCUT2D eigenvalue weighted by molar-refractivity contribution is 7.92. The number of aryl methyl sites for hydroxylation is 1. The van der Waals surface area contributed by atoms with E-state index in [0.29, 0.717) is 29.0 Å². The van der Waals surface area contributed by atoms with Gasteiger partial charge in [-0.2, -0.15) is 10.1 Å². The van der Waals surface area contributed by atoms with Gasteiger partial charge in [-0.05, 0) is 75.1 Å². The summed E-state index contributed by atoms with van der Waals surface area (Å²) >= 11 is 0. The van der Waals surface area contributed by atoms with E-state index in [9.17, 15) is 17.2 Å². The second kappa shape index (κ2) is 9.59. The van der Waals surface area contributed by atoms with Crippen LogP contribution in [0.2, 0.25) is 0 Å². The molecule has 12 heteroatoms. The zero-order valence-corrected chi connectivity index (χ0v) is 21.4. The summed E-state index contributed by atoms with van der Waals surface area (Å²) in [6.07, 6.45) is 4.48. The van der Waals surface area contributed by atoms with Crippen molar-refractivity contribution in [2.45, 2.75) is 49.6 Å². The van der Waals surface area contributed by atoms with Crippen molar-refractivity contribution in [3.05, 3.63) is 59.8 Å². The fourth-order valence-electron chi connectivity index (χ4n) is 4.79. The molecule has 6 rings (SSSR count). The lowest BCUT2D eigenvalue weighted by Crippen LogP contribution is -2.39. The fraction of sp³-hybridized carbons (Fsp3) is 0.346. The maximum Gasteiger partial charge on any atom is 0.264 e. The molecule has 9 nitrogen and oxygen atoms in total. The summed E-state index contributed by atoms with van der Waals surface area (Å²) in [5.74, 6) is -1.04. The van der Waals surface area contributed by atoms with Crippen LogP contribution in [0.25, 0.3) is 22.4 Å². The molecule has 1 saturated heterocycles. The first-order valence-electron chi connectivity index (χ1n) is 12.5. The average Bonchev–Trinajstić information content (AvgIpc) is 3.68. The van der Waals surface area contributed by atoms with E-state index in [1.807, 2.05) is 6.92 Å². The molecule has 1 aliphatic heterocycles. The number of halogens is 2. The molecule has 3 heterocycles. The van der Waals surface area contributed by atoms with E-state index in [-0.39, 0.29) is 11.8 Å². The first kappa shape index (κ1) is 24.7. The molecule has 4 aromatic rings. The van der Waals surface area contributed by atoms with Gasteiger partial charge in [-0.15, -0.1) is 0 Å². The van der Waals surface area contributed by atoms with E-state index < -0.39 is 26.6 Å². The van der Waals surface area contributed by atoms with Gasteiger partial charge in [-0.1, -0.05) is 0 Å². The third kappa shape index (κ3) is 4.93. The minimum Gasteiger partial charge on any atom is -0.474 e. The molecular formula is C26H26F2N6O3S. The highest BCUT2D eigenvalue weighted by Gasteiger charge is 2.33. The number of sulfonamides is 1. The van der Waals surface area contributed by atoms with E-state index >= 15 is 0 Å². The number of H-pyrrole nitrogens is 1. The molecule has 0 radical (unpaired) electrons. The number of hydrogen-bond acceptors (Lipinski definition) is 7. The predicted molar refractivity (Wildman–Crippen MR) is 137 cm³/mol. The summed E-state index contributed by atoms with van der Waals surface area (Å²) in [5.41, 5.74) is 2.08. The average molecular weight is 541 g/mol. The molecule has 0 amide bonds. The van der Waals surface area contributed by atoms with E-state index in [2.05, 4.69) is 24.8 Å². The number of nitrogens with one attached hydrogen (secondary N) is 2. The Bertz CT molecular complexity index is 1600. The molecule has 2 aliphatic rings. The Morgan fingerprint density at radius 1 is 1.03 bits per heavy atom. The van der Waals surface area contributed by atoms with Crippen LogP contribution in [0, 0.1) is 18.6 Å². The number of ether oxygens (including phenoxy) is 1. The van der Waals surface area contributed by atoms with Crippen LogP contribution in [0.5, 0.6) is 5.88 Å². The number of nitrogens with zero attached hydrogens (tertiary/aromatic N) is 4. The highest BCUT2D eigenvalue weighted by Crippen LogP contribution is 2.33. The van der Waals surface area contributed by atoms with Crippen molar-refractivity contribution >= 4 is 26.7 Å². The molecule has 0 unspecified atom stereocenters. The van der Waals surface area contributed by atoms with E-state index in [4.69, 9.17) is 9.72 Å². The van der Waals surface area contributed by atoms with Gasteiger partial charge in [-0.25, -0.2) is 22.2 Å². The molecule has 2 fully saturated rings. The maximum absolute atomic E-state index is 14.0. The summed E-state index contributed by atoms with van der Waals surface area (Å²) < 4.78 is 61.4. The smallest absolute Gasteiger partial charge is 0.264 e. The maximum atomic E-state index is 14.0. The molecule has 2 aromatic carbocycles. The lowest BCUT2D eigenvalue weighted by Gasteiger charge is -2.32. The number of rotatable bonds is 7. The van der Waals surface area contributed by atoms with Crippen molar-refractivity contribution in [3.63, 3.8) is 0 Å². The monoisotopic (exact) mass is 540 g/mol. The normalized spacial score (nSPS) is 17.1. The first-order valence-corrected chi connectivity index (χ1v) is 14.0. The second-order valence-corrected chi connectivity index (χ2v) is 11.4. The van der Waals surface area contributed by atoms with Crippen molar-refractivity contribution in [1.82, 2.24) is 25.1 Å². The second-order valence-electron chi connectivity index (χ2n) is 9.73. The van der Waals surface area contributed by atoms with Gasteiger partial charge in [0.1, 0.15) is 28.0 Å². The summed E-state index contributed by atoms with van der Waals surface area (Å²) in [6, 6.07) is 9.30. The topological polar surface area (TPSA) is 113 Å². The zero-order chi connectivity index (χ0) is 26.4. The Kier molecular flexibility index (Phi) is 6.23. The van der Waals surface area contributed by atoms with Crippen LogP contribution in [-0.2, 0) is 10.0 Å². The molecule has 1 aliphatic carbocycles. The largest absolute Gasteiger partial charge is 0.474 e. The van der Waals surface area contributed by atoms with Crippen LogP contribution in [-0.4, -0.2) is 58.7 Å². The minimum absolute atomic E-state index is 0.0465. The van der Waals surface area contributed by atoms with Crippen molar-refractivity contribution in [2.75, 3.05) is 17.8 Å². The van der Waals surface area contributed by atoms with Crippen molar-refractivity contribution in [2.24, 2.45) is 0 Å². The van der Waals surface area contributed by atoms with Crippen LogP contribution in [0.3, 0.4) is 0 Å². The van der Waals surface area contributed by atoms with Gasteiger partial charge >= 0.3 is 0 Å². The number of benzene rings is 2. The quantitative estimate of drug-likeness (QED) is 0.357. The Balaban J connectivity index is 1.24. The Labute approximate surface area is 218 Å². The first-order chi connectivity index (χ1) is 18.3. The molecule has 38 heavy (non-hydrogen) atoms. The lowest BCUT2D eigenvalue weighted by molar-refractivity contribution is 0.0943. The zero-order valence-electron chi connectivity index (χ0n) is 20.6.